The molecule has 1 saturated heterocycles. The summed E-state index contributed by atoms with van der Waals surface area (Å²) in [5.41, 5.74) is 0.584. The minimum absolute atomic E-state index is 0.584. The van der Waals surface area contributed by atoms with Crippen molar-refractivity contribution in [2.24, 2.45) is 10.4 Å². The van der Waals surface area contributed by atoms with Crippen molar-refractivity contribution in [3.63, 3.8) is 0 Å². The zero-order chi connectivity index (χ0) is 10.8. The van der Waals surface area contributed by atoms with E-state index in [9.17, 15) is 0 Å². The van der Waals surface area contributed by atoms with Crippen LogP contribution in [0.1, 0.15) is 32.1 Å². The molecule has 0 amide bonds. The van der Waals surface area contributed by atoms with Crippen LogP contribution in [0, 0.1) is 5.41 Å². The first kappa shape index (κ1) is 11.3. The Balaban J connectivity index is 1.56. The van der Waals surface area contributed by atoms with Crippen molar-refractivity contribution in [3.8, 4) is 0 Å². The number of rotatable bonds is 1. The van der Waals surface area contributed by atoms with Crippen molar-refractivity contribution in [1.29, 1.82) is 0 Å². The predicted molar refractivity (Wildman–Crippen MR) is 74.5 cm³/mol. The SMILES string of the molecule is C1CCC2(C1)CN=C(NC1CCSC1)SC2. The van der Waals surface area contributed by atoms with Gasteiger partial charge in [-0.2, -0.15) is 11.8 Å². The molecule has 0 aromatic heterocycles. The lowest BCUT2D eigenvalue weighted by Gasteiger charge is -2.31. The topological polar surface area (TPSA) is 24.4 Å². The van der Waals surface area contributed by atoms with Crippen LogP contribution in [0.3, 0.4) is 0 Å². The van der Waals surface area contributed by atoms with Gasteiger partial charge in [-0.1, -0.05) is 24.6 Å². The Morgan fingerprint density at radius 1 is 1.31 bits per heavy atom. The third-order valence-corrected chi connectivity index (χ3v) is 6.43. The molecule has 0 aromatic rings. The lowest BCUT2D eigenvalue weighted by Crippen LogP contribution is -2.38. The van der Waals surface area contributed by atoms with E-state index < -0.39 is 0 Å². The molecule has 3 aliphatic rings. The second kappa shape index (κ2) is 4.81. The maximum Gasteiger partial charge on any atom is 0.156 e. The molecule has 90 valence electrons. The smallest absolute Gasteiger partial charge is 0.156 e. The van der Waals surface area contributed by atoms with Gasteiger partial charge in [0.15, 0.2) is 5.17 Å². The van der Waals surface area contributed by atoms with Crippen molar-refractivity contribution in [2.45, 2.75) is 38.1 Å². The van der Waals surface area contributed by atoms with E-state index >= 15 is 0 Å². The Labute approximate surface area is 106 Å². The average Bonchev–Trinajstić information content (AvgIpc) is 2.94. The van der Waals surface area contributed by atoms with Crippen molar-refractivity contribution in [1.82, 2.24) is 5.32 Å². The Kier molecular flexibility index (Phi) is 3.39. The summed E-state index contributed by atoms with van der Waals surface area (Å²) in [7, 11) is 0. The van der Waals surface area contributed by atoms with Crippen LogP contribution in [0.4, 0.5) is 0 Å². The van der Waals surface area contributed by atoms with E-state index in [1.807, 2.05) is 11.8 Å². The molecule has 2 aliphatic heterocycles. The number of hydrogen-bond acceptors (Lipinski definition) is 4. The molecule has 16 heavy (non-hydrogen) atoms. The summed E-state index contributed by atoms with van der Waals surface area (Å²) in [4.78, 5) is 4.79. The number of nitrogens with zero attached hydrogens (tertiary/aromatic N) is 1. The molecule has 1 N–H and O–H groups in total. The van der Waals surface area contributed by atoms with E-state index in [0.29, 0.717) is 11.5 Å². The lowest BCUT2D eigenvalue weighted by atomic mass is 9.89. The molecule has 0 bridgehead atoms. The van der Waals surface area contributed by atoms with Gasteiger partial charge in [0.05, 0.1) is 0 Å². The van der Waals surface area contributed by atoms with Gasteiger partial charge in [-0.15, -0.1) is 0 Å². The van der Waals surface area contributed by atoms with E-state index in [4.69, 9.17) is 4.99 Å². The highest BCUT2D eigenvalue weighted by atomic mass is 32.2. The van der Waals surface area contributed by atoms with E-state index in [1.54, 1.807) is 0 Å². The summed E-state index contributed by atoms with van der Waals surface area (Å²) in [6, 6.07) is 0.689. The molecule has 0 aromatic carbocycles. The molecule has 1 atom stereocenters. The summed E-state index contributed by atoms with van der Waals surface area (Å²) in [6.45, 7) is 1.09. The zero-order valence-corrected chi connectivity index (χ0v) is 11.3. The van der Waals surface area contributed by atoms with Crippen LogP contribution in [0.2, 0.25) is 0 Å². The van der Waals surface area contributed by atoms with Gasteiger partial charge in [0.2, 0.25) is 0 Å². The highest BCUT2D eigenvalue weighted by Crippen LogP contribution is 2.43. The number of thioether (sulfide) groups is 2. The third kappa shape index (κ3) is 2.37. The van der Waals surface area contributed by atoms with Crippen LogP contribution in [0.5, 0.6) is 0 Å². The number of amidine groups is 1. The van der Waals surface area contributed by atoms with Crippen molar-refractivity contribution >= 4 is 28.7 Å². The third-order valence-electron chi connectivity index (χ3n) is 3.99. The van der Waals surface area contributed by atoms with Crippen LogP contribution in [-0.4, -0.2) is 35.0 Å². The quantitative estimate of drug-likeness (QED) is 0.781. The summed E-state index contributed by atoms with van der Waals surface area (Å²) >= 11 is 4.04. The van der Waals surface area contributed by atoms with Crippen molar-refractivity contribution in [3.05, 3.63) is 0 Å². The minimum Gasteiger partial charge on any atom is -0.361 e. The van der Waals surface area contributed by atoms with Gasteiger partial charge in [-0.25, -0.2) is 0 Å². The fourth-order valence-corrected chi connectivity index (χ4v) is 5.27. The van der Waals surface area contributed by atoms with Crippen molar-refractivity contribution in [2.75, 3.05) is 23.8 Å². The Morgan fingerprint density at radius 3 is 2.81 bits per heavy atom. The monoisotopic (exact) mass is 256 g/mol. The molecule has 2 nitrogen and oxygen atoms in total. The molecule has 2 fully saturated rings. The Morgan fingerprint density at radius 2 is 2.19 bits per heavy atom. The molecule has 1 saturated carbocycles. The number of aliphatic imine (C=N–C) groups is 1. The summed E-state index contributed by atoms with van der Waals surface area (Å²) < 4.78 is 0. The van der Waals surface area contributed by atoms with E-state index in [2.05, 4.69) is 17.1 Å². The van der Waals surface area contributed by atoms with Gasteiger partial charge >= 0.3 is 0 Å². The van der Waals surface area contributed by atoms with Gasteiger partial charge in [-0.3, -0.25) is 4.99 Å². The van der Waals surface area contributed by atoms with Crippen molar-refractivity contribution < 1.29 is 0 Å². The molecule has 0 radical (unpaired) electrons. The largest absolute Gasteiger partial charge is 0.361 e. The first-order valence-corrected chi connectivity index (χ1v) is 8.52. The van der Waals surface area contributed by atoms with Gasteiger partial charge < -0.3 is 5.32 Å². The second-order valence-electron chi connectivity index (χ2n) is 5.32. The van der Waals surface area contributed by atoms with E-state index in [-0.39, 0.29) is 0 Å². The predicted octanol–water partition coefficient (Wildman–Crippen LogP) is 2.74. The maximum atomic E-state index is 4.79. The van der Waals surface area contributed by atoms with Gasteiger partial charge in [0.25, 0.3) is 0 Å². The van der Waals surface area contributed by atoms with Crippen LogP contribution in [-0.2, 0) is 0 Å². The van der Waals surface area contributed by atoms with Crippen LogP contribution < -0.4 is 5.32 Å². The van der Waals surface area contributed by atoms with Crippen LogP contribution >= 0.6 is 23.5 Å². The van der Waals surface area contributed by atoms with Crippen LogP contribution in [0.15, 0.2) is 4.99 Å². The molecule has 2 heterocycles. The summed E-state index contributed by atoms with van der Waals surface area (Å²) in [6.07, 6.45) is 7.00. The molecule has 1 unspecified atom stereocenters. The van der Waals surface area contributed by atoms with E-state index in [0.717, 1.165) is 6.54 Å². The molecule has 3 rings (SSSR count). The summed E-state index contributed by atoms with van der Waals surface area (Å²) in [5, 5.41) is 4.84. The first-order chi connectivity index (χ1) is 7.86. The fraction of sp³-hybridized carbons (Fsp3) is 0.917. The molecule has 1 spiro atoms. The molecule has 4 heteroatoms. The minimum atomic E-state index is 0.584. The Bertz CT molecular complexity index is 279. The highest BCUT2D eigenvalue weighted by molar-refractivity contribution is 8.13. The van der Waals surface area contributed by atoms with Crippen LogP contribution in [0.25, 0.3) is 0 Å². The van der Waals surface area contributed by atoms with Gasteiger partial charge in [0, 0.05) is 24.1 Å². The van der Waals surface area contributed by atoms with E-state index in [1.165, 1.54) is 54.5 Å². The number of nitrogens with one attached hydrogen (secondary N) is 1. The Hall–Kier alpha value is 0.170. The highest BCUT2D eigenvalue weighted by Gasteiger charge is 2.36. The molecule has 1 aliphatic carbocycles. The lowest BCUT2D eigenvalue weighted by molar-refractivity contribution is 0.358. The second-order valence-corrected chi connectivity index (χ2v) is 7.44. The zero-order valence-electron chi connectivity index (χ0n) is 9.71. The number of hydrogen-bond donors (Lipinski definition) is 1. The molecular weight excluding hydrogens is 236 g/mol. The standard InChI is InChI=1S/C12H20N2S2/c1-2-5-12(4-1)8-13-11(16-9-12)14-10-3-6-15-7-10/h10H,1-9H2,(H,13,14). The fourth-order valence-electron chi connectivity index (χ4n) is 2.89. The average molecular weight is 256 g/mol. The normalized spacial score (nSPS) is 33.0. The summed E-state index contributed by atoms with van der Waals surface area (Å²) in [5.74, 6) is 3.89. The van der Waals surface area contributed by atoms with Gasteiger partial charge in [0.1, 0.15) is 0 Å². The molecular formula is C12H20N2S2. The maximum absolute atomic E-state index is 4.79. The first-order valence-electron chi connectivity index (χ1n) is 6.38. The van der Waals surface area contributed by atoms with Gasteiger partial charge in [-0.05, 0) is 30.4 Å².